The predicted molar refractivity (Wildman–Crippen MR) is 109 cm³/mol. The zero-order valence-electron chi connectivity index (χ0n) is 16.7. The van der Waals surface area contributed by atoms with Gasteiger partial charge in [-0.2, -0.15) is 0 Å². The van der Waals surface area contributed by atoms with Crippen LogP contribution in [0.15, 0.2) is 12.2 Å². The second kappa shape index (κ2) is 10.1. The maximum atomic E-state index is 6.26. The summed E-state index contributed by atoms with van der Waals surface area (Å²) >= 11 is 0. The number of likely N-dealkylation sites (tertiary alicyclic amines) is 1. The van der Waals surface area contributed by atoms with Crippen molar-refractivity contribution in [1.29, 1.82) is 0 Å². The van der Waals surface area contributed by atoms with Crippen molar-refractivity contribution in [2.24, 2.45) is 35.3 Å². The molecule has 1 saturated heterocycles. The third-order valence-electron chi connectivity index (χ3n) is 7.51. The summed E-state index contributed by atoms with van der Waals surface area (Å²) < 4.78 is 0. The standard InChI is InChI=1S/C23H42N2/c1-2-19-11-8-12-21(15-19)23-13-14-25(18-22(23)16-24)17-20-9-6-4-3-5-7-10-20/h8,12,19-23H,2-7,9-11,13-18,24H2,1H3/t19?,21?,22-,23-/m0/s1. The molecule has 0 bridgehead atoms. The molecule has 3 aliphatic rings. The van der Waals surface area contributed by atoms with Gasteiger partial charge in [0.05, 0.1) is 0 Å². The minimum atomic E-state index is 0.715. The molecule has 4 atom stereocenters. The molecule has 0 amide bonds. The summed E-state index contributed by atoms with van der Waals surface area (Å²) in [6.45, 7) is 7.17. The van der Waals surface area contributed by atoms with Crippen molar-refractivity contribution < 1.29 is 0 Å². The first kappa shape index (κ1) is 19.4. The molecule has 0 aromatic carbocycles. The lowest BCUT2D eigenvalue weighted by atomic mass is 9.70. The first-order chi connectivity index (χ1) is 12.3. The van der Waals surface area contributed by atoms with Gasteiger partial charge in [-0.3, -0.25) is 0 Å². The molecule has 0 radical (unpaired) electrons. The molecule has 2 heteroatoms. The van der Waals surface area contributed by atoms with Crippen molar-refractivity contribution >= 4 is 0 Å². The summed E-state index contributed by atoms with van der Waals surface area (Å²) in [5, 5.41) is 0. The minimum absolute atomic E-state index is 0.715. The summed E-state index contributed by atoms with van der Waals surface area (Å²) in [7, 11) is 0. The molecule has 1 aliphatic heterocycles. The monoisotopic (exact) mass is 346 g/mol. The fourth-order valence-electron chi connectivity index (χ4n) is 5.85. The summed E-state index contributed by atoms with van der Waals surface area (Å²) in [5.74, 6) is 4.23. The van der Waals surface area contributed by atoms with E-state index in [0.717, 1.165) is 30.2 Å². The number of allylic oxidation sites excluding steroid dienone is 2. The first-order valence-corrected chi connectivity index (χ1v) is 11.4. The molecule has 0 aromatic heterocycles. The third kappa shape index (κ3) is 5.57. The molecule has 144 valence electrons. The molecule has 2 N–H and O–H groups in total. The fourth-order valence-corrected chi connectivity index (χ4v) is 5.85. The molecule has 1 heterocycles. The van der Waals surface area contributed by atoms with Crippen LogP contribution in [0.2, 0.25) is 0 Å². The van der Waals surface area contributed by atoms with Gasteiger partial charge in [-0.15, -0.1) is 0 Å². The van der Waals surface area contributed by atoms with Crippen molar-refractivity contribution in [1.82, 2.24) is 4.90 Å². The maximum Gasteiger partial charge on any atom is 0.00247 e. The lowest BCUT2D eigenvalue weighted by Crippen LogP contribution is -2.47. The van der Waals surface area contributed by atoms with Gasteiger partial charge in [0.2, 0.25) is 0 Å². The Morgan fingerprint density at radius 1 is 1.00 bits per heavy atom. The van der Waals surface area contributed by atoms with E-state index in [2.05, 4.69) is 24.0 Å². The Bertz CT molecular complexity index is 397. The van der Waals surface area contributed by atoms with Crippen LogP contribution in [0.5, 0.6) is 0 Å². The van der Waals surface area contributed by atoms with Gasteiger partial charge in [-0.25, -0.2) is 0 Å². The molecular weight excluding hydrogens is 304 g/mol. The number of nitrogens with two attached hydrogens (primary N) is 1. The van der Waals surface area contributed by atoms with Crippen molar-refractivity contribution in [2.45, 2.75) is 77.6 Å². The summed E-state index contributed by atoms with van der Waals surface area (Å²) in [6, 6.07) is 0. The topological polar surface area (TPSA) is 29.3 Å². The Morgan fingerprint density at radius 3 is 2.48 bits per heavy atom. The van der Waals surface area contributed by atoms with Gasteiger partial charge in [0.25, 0.3) is 0 Å². The van der Waals surface area contributed by atoms with Crippen LogP contribution < -0.4 is 5.73 Å². The second-order valence-electron chi connectivity index (χ2n) is 9.26. The molecule has 2 fully saturated rings. The molecule has 2 aliphatic carbocycles. The number of hydrogen-bond donors (Lipinski definition) is 1. The minimum Gasteiger partial charge on any atom is -0.330 e. The lowest BCUT2D eigenvalue weighted by Gasteiger charge is -2.43. The van der Waals surface area contributed by atoms with Crippen molar-refractivity contribution in [3.05, 3.63) is 12.2 Å². The van der Waals surface area contributed by atoms with Crippen LogP contribution in [0, 0.1) is 29.6 Å². The SMILES string of the molecule is CCC1CC=CC([C@@H]2CCN(CC3CCCCCCC3)C[C@@H]2CN)C1. The summed E-state index contributed by atoms with van der Waals surface area (Å²) in [5.41, 5.74) is 6.26. The van der Waals surface area contributed by atoms with Gasteiger partial charge in [-0.05, 0) is 74.8 Å². The number of nitrogens with zero attached hydrogens (tertiary/aromatic N) is 1. The Kier molecular flexibility index (Phi) is 7.86. The van der Waals surface area contributed by atoms with E-state index in [-0.39, 0.29) is 0 Å². The normalized spacial score (nSPS) is 36.1. The molecule has 0 spiro atoms. The zero-order chi connectivity index (χ0) is 17.5. The van der Waals surface area contributed by atoms with Crippen LogP contribution in [0.4, 0.5) is 0 Å². The second-order valence-corrected chi connectivity index (χ2v) is 9.26. The number of piperidine rings is 1. The van der Waals surface area contributed by atoms with Gasteiger partial charge >= 0.3 is 0 Å². The van der Waals surface area contributed by atoms with E-state index in [4.69, 9.17) is 5.73 Å². The fraction of sp³-hybridized carbons (Fsp3) is 0.913. The van der Waals surface area contributed by atoms with Crippen LogP contribution in [0.25, 0.3) is 0 Å². The van der Waals surface area contributed by atoms with Crippen molar-refractivity contribution in [3.8, 4) is 0 Å². The Morgan fingerprint density at radius 2 is 1.76 bits per heavy atom. The van der Waals surface area contributed by atoms with Gasteiger partial charge < -0.3 is 10.6 Å². The highest BCUT2D eigenvalue weighted by molar-refractivity contribution is 5.01. The van der Waals surface area contributed by atoms with E-state index < -0.39 is 0 Å². The number of rotatable bonds is 5. The van der Waals surface area contributed by atoms with Crippen LogP contribution in [-0.2, 0) is 0 Å². The highest BCUT2D eigenvalue weighted by atomic mass is 15.1. The number of hydrogen-bond acceptors (Lipinski definition) is 2. The van der Waals surface area contributed by atoms with E-state index in [0.29, 0.717) is 5.92 Å². The average molecular weight is 347 g/mol. The van der Waals surface area contributed by atoms with Gasteiger partial charge in [0.1, 0.15) is 0 Å². The van der Waals surface area contributed by atoms with E-state index in [1.165, 1.54) is 90.3 Å². The average Bonchev–Trinajstić information content (AvgIpc) is 2.63. The smallest absolute Gasteiger partial charge is 0.00247 e. The van der Waals surface area contributed by atoms with Crippen LogP contribution in [0.3, 0.4) is 0 Å². The highest BCUT2D eigenvalue weighted by Gasteiger charge is 2.35. The highest BCUT2D eigenvalue weighted by Crippen LogP contribution is 2.38. The summed E-state index contributed by atoms with van der Waals surface area (Å²) in [4.78, 5) is 2.78. The quantitative estimate of drug-likeness (QED) is 0.690. The van der Waals surface area contributed by atoms with Gasteiger partial charge in [0.15, 0.2) is 0 Å². The van der Waals surface area contributed by atoms with Crippen molar-refractivity contribution in [3.63, 3.8) is 0 Å². The molecular formula is C23H42N2. The molecule has 2 nitrogen and oxygen atoms in total. The molecule has 3 rings (SSSR count). The molecule has 0 aromatic rings. The largest absolute Gasteiger partial charge is 0.330 e. The van der Waals surface area contributed by atoms with Crippen LogP contribution in [-0.4, -0.2) is 31.1 Å². The Balaban J connectivity index is 1.52. The molecule has 25 heavy (non-hydrogen) atoms. The summed E-state index contributed by atoms with van der Waals surface area (Å²) in [6.07, 6.45) is 20.7. The van der Waals surface area contributed by atoms with Crippen molar-refractivity contribution in [2.75, 3.05) is 26.2 Å². The van der Waals surface area contributed by atoms with E-state index in [1.54, 1.807) is 0 Å². The third-order valence-corrected chi connectivity index (χ3v) is 7.51. The Hall–Kier alpha value is -0.340. The van der Waals surface area contributed by atoms with Gasteiger partial charge in [-0.1, -0.05) is 57.6 Å². The van der Waals surface area contributed by atoms with Crippen LogP contribution in [0.1, 0.15) is 77.6 Å². The lowest BCUT2D eigenvalue weighted by molar-refractivity contribution is 0.0740. The zero-order valence-corrected chi connectivity index (χ0v) is 16.7. The maximum absolute atomic E-state index is 6.26. The van der Waals surface area contributed by atoms with E-state index in [1.807, 2.05) is 0 Å². The van der Waals surface area contributed by atoms with E-state index in [9.17, 15) is 0 Å². The molecule has 2 unspecified atom stereocenters. The van der Waals surface area contributed by atoms with Crippen LogP contribution >= 0.6 is 0 Å². The Labute approximate surface area is 156 Å². The predicted octanol–water partition coefficient (Wildman–Crippen LogP) is 5.24. The van der Waals surface area contributed by atoms with E-state index >= 15 is 0 Å². The first-order valence-electron chi connectivity index (χ1n) is 11.4. The molecule has 1 saturated carbocycles. The van der Waals surface area contributed by atoms with Gasteiger partial charge in [0, 0.05) is 13.1 Å².